The van der Waals surface area contributed by atoms with E-state index in [2.05, 4.69) is 0 Å². The second kappa shape index (κ2) is 12.8. The molecule has 0 aliphatic heterocycles. The second-order valence-electron chi connectivity index (χ2n) is 6.71. The molecule has 21 heavy (non-hydrogen) atoms. The highest BCUT2D eigenvalue weighted by molar-refractivity contribution is 5.68. The van der Waals surface area contributed by atoms with E-state index in [-0.39, 0.29) is 29.8 Å². The van der Waals surface area contributed by atoms with Crippen molar-refractivity contribution in [2.24, 2.45) is 23.2 Å². The monoisotopic (exact) mass is 306 g/mol. The Morgan fingerprint density at radius 3 is 1.43 bits per heavy atom. The van der Waals surface area contributed by atoms with Gasteiger partial charge in [-0.25, -0.2) is 0 Å². The van der Waals surface area contributed by atoms with Gasteiger partial charge in [-0.05, 0) is 5.92 Å². The number of aliphatic carboxylic acids is 1. The summed E-state index contributed by atoms with van der Waals surface area (Å²) in [4.78, 5) is 19.2. The number of carboxylic acids is 1. The minimum atomic E-state index is -0.741. The van der Waals surface area contributed by atoms with Crippen LogP contribution >= 0.6 is 0 Å². The summed E-state index contributed by atoms with van der Waals surface area (Å²) in [5, 5.41) is 26.3. The number of aliphatic hydroxyl groups excluding tert-OH is 2. The first-order valence-corrected chi connectivity index (χ1v) is 7.30. The SMILES string of the molecule is CC(C)C(=O)O.CC(C)C(O)C(C)(C)CO.CC(C)C=O. The number of carbonyl (C=O) groups is 2. The molecule has 0 aromatic carbocycles. The predicted octanol–water partition coefficient (Wildman–Crippen LogP) is 2.59. The van der Waals surface area contributed by atoms with Gasteiger partial charge in [-0.15, -0.1) is 0 Å². The maximum atomic E-state index is 9.70. The molecule has 0 aromatic rings. The van der Waals surface area contributed by atoms with Crippen LogP contribution < -0.4 is 0 Å². The maximum Gasteiger partial charge on any atom is 0.305 e. The Kier molecular flexibility index (Phi) is 15.2. The first-order valence-electron chi connectivity index (χ1n) is 7.30. The van der Waals surface area contributed by atoms with Gasteiger partial charge in [0.05, 0.1) is 18.6 Å². The first kappa shape index (κ1) is 25.0. The highest BCUT2D eigenvalue weighted by Crippen LogP contribution is 2.24. The van der Waals surface area contributed by atoms with Crippen LogP contribution in [0.15, 0.2) is 0 Å². The lowest BCUT2D eigenvalue weighted by Crippen LogP contribution is -2.36. The van der Waals surface area contributed by atoms with Crippen molar-refractivity contribution < 1.29 is 24.9 Å². The fraction of sp³-hybridized carbons (Fsp3) is 0.875. The van der Waals surface area contributed by atoms with Crippen LogP contribution in [0.1, 0.15) is 55.4 Å². The molecule has 3 N–H and O–H groups in total. The Bertz CT molecular complexity index is 270. The summed E-state index contributed by atoms with van der Waals surface area (Å²) in [6.45, 7) is 14.6. The number of hydrogen-bond acceptors (Lipinski definition) is 4. The summed E-state index contributed by atoms with van der Waals surface area (Å²) in [5.41, 5.74) is -0.367. The fourth-order valence-corrected chi connectivity index (χ4v) is 0.996. The molecule has 0 aromatic heterocycles. The van der Waals surface area contributed by atoms with Crippen molar-refractivity contribution in [3.63, 3.8) is 0 Å². The molecule has 0 bridgehead atoms. The van der Waals surface area contributed by atoms with E-state index >= 15 is 0 Å². The molecule has 5 nitrogen and oxygen atoms in total. The van der Waals surface area contributed by atoms with Crippen molar-refractivity contribution in [1.82, 2.24) is 0 Å². The van der Waals surface area contributed by atoms with Gasteiger partial charge in [-0.2, -0.15) is 0 Å². The smallest absolute Gasteiger partial charge is 0.305 e. The second-order valence-corrected chi connectivity index (χ2v) is 6.71. The molecule has 0 saturated carbocycles. The molecule has 1 atom stereocenters. The summed E-state index contributed by atoms with van der Waals surface area (Å²) >= 11 is 0. The highest BCUT2D eigenvalue weighted by Gasteiger charge is 2.28. The van der Waals surface area contributed by atoms with Crippen LogP contribution in [0, 0.1) is 23.2 Å². The van der Waals surface area contributed by atoms with E-state index in [1.165, 1.54) is 0 Å². The van der Waals surface area contributed by atoms with E-state index in [1.807, 2.05) is 41.5 Å². The summed E-state index contributed by atoms with van der Waals surface area (Å²) in [7, 11) is 0. The Morgan fingerprint density at radius 2 is 1.38 bits per heavy atom. The van der Waals surface area contributed by atoms with Crippen molar-refractivity contribution in [3.8, 4) is 0 Å². The third kappa shape index (κ3) is 17.0. The van der Waals surface area contributed by atoms with E-state index in [1.54, 1.807) is 13.8 Å². The van der Waals surface area contributed by atoms with Gasteiger partial charge >= 0.3 is 5.97 Å². The molecule has 1 unspecified atom stereocenters. The standard InChI is InChI=1S/C8H18O2.C4H8O2.C4H8O/c1-6(2)7(10)8(3,4)5-9;1-3(2)4(5)6;1-4(2)3-5/h6-7,9-10H,5H2,1-4H3;3H,1-2H3,(H,5,6);3-4H,1-2H3. The summed E-state index contributed by atoms with van der Waals surface area (Å²) < 4.78 is 0. The summed E-state index contributed by atoms with van der Waals surface area (Å²) in [6, 6.07) is 0. The summed E-state index contributed by atoms with van der Waals surface area (Å²) in [6.07, 6.45) is 0.498. The van der Waals surface area contributed by atoms with Crippen LogP contribution in [0.3, 0.4) is 0 Å². The molecular formula is C16H34O5. The Labute approximate surface area is 129 Å². The third-order valence-electron chi connectivity index (χ3n) is 2.61. The van der Waals surface area contributed by atoms with Gasteiger partial charge in [0.25, 0.3) is 0 Å². The molecule has 0 radical (unpaired) electrons. The van der Waals surface area contributed by atoms with Gasteiger partial charge in [0, 0.05) is 11.3 Å². The molecule has 0 amide bonds. The van der Waals surface area contributed by atoms with Gasteiger partial charge < -0.3 is 20.1 Å². The molecule has 5 heteroatoms. The van der Waals surface area contributed by atoms with Crippen LogP contribution in [0.4, 0.5) is 0 Å². The quantitative estimate of drug-likeness (QED) is 0.679. The van der Waals surface area contributed by atoms with Gasteiger partial charge in [-0.1, -0.05) is 55.4 Å². The zero-order chi connectivity index (χ0) is 17.8. The Hall–Kier alpha value is -0.940. The van der Waals surface area contributed by atoms with Crippen molar-refractivity contribution in [3.05, 3.63) is 0 Å². The van der Waals surface area contributed by atoms with E-state index in [0.29, 0.717) is 0 Å². The number of aldehydes is 1. The van der Waals surface area contributed by atoms with Crippen LogP contribution in [0.5, 0.6) is 0 Å². The van der Waals surface area contributed by atoms with Crippen LogP contribution in [-0.2, 0) is 9.59 Å². The first-order chi connectivity index (χ1) is 9.33. The molecule has 0 saturated heterocycles. The zero-order valence-electron chi connectivity index (χ0n) is 14.8. The number of carboxylic acid groups (broad SMARTS) is 1. The number of hydrogen-bond donors (Lipinski definition) is 3. The Morgan fingerprint density at radius 1 is 1.10 bits per heavy atom. The van der Waals surface area contributed by atoms with E-state index in [9.17, 15) is 14.7 Å². The average Bonchev–Trinajstić information content (AvgIpc) is 2.38. The lowest BCUT2D eigenvalue weighted by atomic mass is 9.82. The van der Waals surface area contributed by atoms with E-state index in [0.717, 1.165) is 6.29 Å². The third-order valence-corrected chi connectivity index (χ3v) is 2.61. The normalized spacial score (nSPS) is 12.2. The molecule has 0 spiro atoms. The van der Waals surface area contributed by atoms with E-state index < -0.39 is 12.1 Å². The minimum absolute atomic E-state index is 0.0341. The molecule has 128 valence electrons. The summed E-state index contributed by atoms with van der Waals surface area (Å²) in [5.74, 6) is -0.558. The lowest BCUT2D eigenvalue weighted by molar-refractivity contribution is -0.140. The Balaban J connectivity index is -0.000000252. The zero-order valence-corrected chi connectivity index (χ0v) is 14.8. The molecule has 0 fully saturated rings. The van der Waals surface area contributed by atoms with Crippen molar-refractivity contribution in [2.45, 2.75) is 61.5 Å². The number of rotatable bonds is 5. The average molecular weight is 306 g/mol. The molecule has 0 heterocycles. The topological polar surface area (TPSA) is 94.8 Å². The lowest BCUT2D eigenvalue weighted by Gasteiger charge is -2.30. The van der Waals surface area contributed by atoms with Crippen LogP contribution in [0.25, 0.3) is 0 Å². The minimum Gasteiger partial charge on any atom is -0.481 e. The van der Waals surface area contributed by atoms with Crippen LogP contribution in [-0.4, -0.2) is 40.3 Å². The fourth-order valence-electron chi connectivity index (χ4n) is 0.996. The van der Waals surface area contributed by atoms with Gasteiger partial charge in [0.1, 0.15) is 6.29 Å². The molecule has 0 aliphatic carbocycles. The maximum absolute atomic E-state index is 9.70. The van der Waals surface area contributed by atoms with Crippen molar-refractivity contribution >= 4 is 12.3 Å². The van der Waals surface area contributed by atoms with Crippen molar-refractivity contribution in [2.75, 3.05) is 6.61 Å². The largest absolute Gasteiger partial charge is 0.481 e. The number of aliphatic hydroxyl groups is 2. The van der Waals surface area contributed by atoms with Crippen LogP contribution in [0.2, 0.25) is 0 Å². The van der Waals surface area contributed by atoms with Gasteiger partial charge in [-0.3, -0.25) is 4.79 Å². The van der Waals surface area contributed by atoms with Gasteiger partial charge in [0.2, 0.25) is 0 Å². The number of carbonyl (C=O) groups excluding carboxylic acids is 1. The predicted molar refractivity (Wildman–Crippen MR) is 85.1 cm³/mol. The highest BCUT2D eigenvalue weighted by atomic mass is 16.4. The molecule has 0 rings (SSSR count). The van der Waals surface area contributed by atoms with E-state index in [4.69, 9.17) is 10.2 Å². The molecule has 0 aliphatic rings. The van der Waals surface area contributed by atoms with Gasteiger partial charge in [0.15, 0.2) is 0 Å². The molecular weight excluding hydrogens is 272 g/mol. The van der Waals surface area contributed by atoms with Crippen molar-refractivity contribution in [1.29, 1.82) is 0 Å².